The van der Waals surface area contributed by atoms with Crippen LogP contribution in [0.15, 0.2) is 24.3 Å². The molecule has 0 N–H and O–H groups in total. The number of hydrogen-bond acceptors (Lipinski definition) is 2. The Morgan fingerprint density at radius 1 is 1.33 bits per heavy atom. The Kier molecular flexibility index (Phi) is 5.48. The van der Waals surface area contributed by atoms with E-state index in [0.717, 1.165) is 6.42 Å². The monoisotopic (exact) mass is 251 g/mol. The van der Waals surface area contributed by atoms with Crippen molar-refractivity contribution in [2.24, 2.45) is 5.92 Å². The molecule has 18 heavy (non-hydrogen) atoms. The average molecular weight is 251 g/mol. The molecule has 0 amide bonds. The fourth-order valence-electron chi connectivity index (χ4n) is 1.82. The van der Waals surface area contributed by atoms with Crippen molar-refractivity contribution in [3.05, 3.63) is 35.6 Å². The third-order valence-corrected chi connectivity index (χ3v) is 3.58. The van der Waals surface area contributed by atoms with Gasteiger partial charge in [-0.3, -0.25) is 9.69 Å². The van der Waals surface area contributed by atoms with Crippen LogP contribution < -0.4 is 0 Å². The highest BCUT2D eigenvalue weighted by Gasteiger charge is 2.19. The van der Waals surface area contributed by atoms with Crippen molar-refractivity contribution < 1.29 is 9.18 Å². The summed E-state index contributed by atoms with van der Waals surface area (Å²) in [6.45, 7) is 6.22. The molecule has 0 aliphatic rings. The number of carbonyl (C=O) groups excluding carboxylic acids is 1. The van der Waals surface area contributed by atoms with E-state index in [9.17, 15) is 9.18 Å². The van der Waals surface area contributed by atoms with Gasteiger partial charge in [0.15, 0.2) is 0 Å². The van der Waals surface area contributed by atoms with Crippen molar-refractivity contribution >= 4 is 5.78 Å². The molecule has 0 saturated carbocycles. The zero-order valence-corrected chi connectivity index (χ0v) is 11.6. The Labute approximate surface area is 109 Å². The van der Waals surface area contributed by atoms with Crippen molar-refractivity contribution in [1.82, 2.24) is 4.90 Å². The SMILES string of the molecule is CCC(C)C(=O)CN(C)C(C)c1ccccc1F. The normalized spacial score (nSPS) is 14.6. The van der Waals surface area contributed by atoms with E-state index in [0.29, 0.717) is 12.1 Å². The lowest BCUT2D eigenvalue weighted by molar-refractivity contribution is -0.123. The number of likely N-dealkylation sites (N-methyl/N-ethyl adjacent to an activating group) is 1. The van der Waals surface area contributed by atoms with Gasteiger partial charge in [-0.2, -0.15) is 0 Å². The minimum Gasteiger partial charge on any atom is -0.298 e. The van der Waals surface area contributed by atoms with E-state index < -0.39 is 0 Å². The van der Waals surface area contributed by atoms with Crippen molar-refractivity contribution in [1.29, 1.82) is 0 Å². The van der Waals surface area contributed by atoms with Crippen LogP contribution in [-0.2, 0) is 4.79 Å². The zero-order valence-electron chi connectivity index (χ0n) is 11.6. The highest BCUT2D eigenvalue weighted by atomic mass is 19.1. The third kappa shape index (κ3) is 3.64. The second kappa shape index (κ2) is 6.64. The van der Waals surface area contributed by atoms with Gasteiger partial charge in [0, 0.05) is 17.5 Å². The van der Waals surface area contributed by atoms with Gasteiger partial charge in [0.05, 0.1) is 6.54 Å². The van der Waals surface area contributed by atoms with Crippen molar-refractivity contribution in [3.8, 4) is 0 Å². The van der Waals surface area contributed by atoms with Gasteiger partial charge >= 0.3 is 0 Å². The lowest BCUT2D eigenvalue weighted by atomic mass is 10.0. The van der Waals surface area contributed by atoms with Crippen molar-refractivity contribution in [2.45, 2.75) is 33.2 Å². The molecule has 0 aliphatic heterocycles. The summed E-state index contributed by atoms with van der Waals surface area (Å²) >= 11 is 0. The lowest BCUT2D eigenvalue weighted by Gasteiger charge is -2.25. The Bertz CT molecular complexity index is 405. The molecule has 0 aromatic heterocycles. The predicted molar refractivity (Wildman–Crippen MR) is 71.9 cm³/mol. The first-order valence-corrected chi connectivity index (χ1v) is 6.44. The van der Waals surface area contributed by atoms with Gasteiger partial charge in [-0.05, 0) is 26.5 Å². The molecular weight excluding hydrogens is 229 g/mol. The van der Waals surface area contributed by atoms with Gasteiger partial charge in [-0.25, -0.2) is 4.39 Å². The minimum atomic E-state index is -0.215. The summed E-state index contributed by atoms with van der Waals surface area (Å²) < 4.78 is 13.7. The number of hydrogen-bond donors (Lipinski definition) is 0. The number of halogens is 1. The van der Waals surface area contributed by atoms with Gasteiger partial charge in [-0.1, -0.05) is 32.0 Å². The summed E-state index contributed by atoms with van der Waals surface area (Å²) in [5, 5.41) is 0. The summed E-state index contributed by atoms with van der Waals surface area (Å²) in [6, 6.07) is 6.62. The molecule has 1 aromatic rings. The van der Waals surface area contributed by atoms with E-state index in [4.69, 9.17) is 0 Å². The molecule has 0 aliphatic carbocycles. The molecule has 1 aromatic carbocycles. The molecule has 0 radical (unpaired) electrons. The van der Waals surface area contributed by atoms with Crippen LogP contribution in [0.1, 0.15) is 38.8 Å². The predicted octanol–water partition coefficient (Wildman–Crippen LogP) is 3.43. The van der Waals surface area contributed by atoms with E-state index >= 15 is 0 Å². The van der Waals surface area contributed by atoms with Crippen LogP contribution in [0.25, 0.3) is 0 Å². The number of rotatable bonds is 6. The average Bonchev–Trinajstić information content (AvgIpc) is 2.37. The first-order valence-electron chi connectivity index (χ1n) is 6.44. The molecule has 100 valence electrons. The van der Waals surface area contributed by atoms with Crippen LogP contribution in [0.3, 0.4) is 0 Å². The van der Waals surface area contributed by atoms with E-state index in [1.54, 1.807) is 12.1 Å². The van der Waals surface area contributed by atoms with Crippen molar-refractivity contribution in [2.75, 3.05) is 13.6 Å². The van der Waals surface area contributed by atoms with Crippen LogP contribution in [0.2, 0.25) is 0 Å². The Hall–Kier alpha value is -1.22. The molecule has 2 unspecified atom stereocenters. The van der Waals surface area contributed by atoms with Gasteiger partial charge in [-0.15, -0.1) is 0 Å². The van der Waals surface area contributed by atoms with Gasteiger partial charge in [0.25, 0.3) is 0 Å². The highest BCUT2D eigenvalue weighted by Crippen LogP contribution is 2.21. The summed E-state index contributed by atoms with van der Waals surface area (Å²) in [6.07, 6.45) is 0.848. The standard InChI is InChI=1S/C15H22FNO/c1-5-11(2)15(18)10-17(4)12(3)13-8-6-7-9-14(13)16/h6-9,11-12H,5,10H2,1-4H3. The summed E-state index contributed by atoms with van der Waals surface area (Å²) in [7, 11) is 1.86. The van der Waals surface area contributed by atoms with Crippen LogP contribution in [-0.4, -0.2) is 24.3 Å². The molecule has 0 saturated heterocycles. The topological polar surface area (TPSA) is 20.3 Å². The summed E-state index contributed by atoms with van der Waals surface area (Å²) in [5.41, 5.74) is 0.636. The maximum absolute atomic E-state index is 13.7. The van der Waals surface area contributed by atoms with Crippen LogP contribution >= 0.6 is 0 Å². The summed E-state index contributed by atoms with van der Waals surface area (Å²) in [4.78, 5) is 13.8. The van der Waals surface area contributed by atoms with Gasteiger partial charge < -0.3 is 0 Å². The largest absolute Gasteiger partial charge is 0.298 e. The van der Waals surface area contributed by atoms with Gasteiger partial charge in [0.2, 0.25) is 0 Å². The zero-order chi connectivity index (χ0) is 13.7. The molecule has 3 heteroatoms. The Morgan fingerprint density at radius 3 is 2.50 bits per heavy atom. The fraction of sp³-hybridized carbons (Fsp3) is 0.533. The molecule has 1 rings (SSSR count). The summed E-state index contributed by atoms with van der Waals surface area (Å²) in [5.74, 6) is 0.0660. The minimum absolute atomic E-state index is 0.0697. The Morgan fingerprint density at radius 2 is 1.94 bits per heavy atom. The quantitative estimate of drug-likeness (QED) is 0.772. The first kappa shape index (κ1) is 14.8. The van der Waals surface area contributed by atoms with E-state index in [1.165, 1.54) is 6.07 Å². The van der Waals surface area contributed by atoms with Crippen LogP contribution in [0, 0.1) is 11.7 Å². The number of ketones is 1. The number of carbonyl (C=O) groups is 1. The maximum atomic E-state index is 13.7. The van der Waals surface area contributed by atoms with Gasteiger partial charge in [0.1, 0.15) is 11.6 Å². The second-order valence-corrected chi connectivity index (χ2v) is 4.89. The molecule has 2 nitrogen and oxygen atoms in total. The van der Waals surface area contributed by atoms with E-state index in [1.807, 2.05) is 38.8 Å². The van der Waals surface area contributed by atoms with Crippen LogP contribution in [0.5, 0.6) is 0 Å². The lowest BCUT2D eigenvalue weighted by Crippen LogP contribution is -2.31. The molecule has 0 bridgehead atoms. The molecule has 2 atom stereocenters. The first-order chi connectivity index (χ1) is 8.47. The fourth-order valence-corrected chi connectivity index (χ4v) is 1.82. The number of benzene rings is 1. The van der Waals surface area contributed by atoms with E-state index in [-0.39, 0.29) is 23.6 Å². The number of nitrogens with zero attached hydrogens (tertiary/aromatic N) is 1. The molecule has 0 spiro atoms. The second-order valence-electron chi connectivity index (χ2n) is 4.89. The van der Waals surface area contributed by atoms with Crippen LogP contribution in [0.4, 0.5) is 4.39 Å². The number of Topliss-reactive ketones (excluding diaryl/α,β-unsaturated/α-hetero) is 1. The third-order valence-electron chi connectivity index (χ3n) is 3.58. The molecule has 0 heterocycles. The molecule has 0 fully saturated rings. The van der Waals surface area contributed by atoms with E-state index in [2.05, 4.69) is 0 Å². The smallest absolute Gasteiger partial charge is 0.149 e. The molecular formula is C15H22FNO. The van der Waals surface area contributed by atoms with Crippen molar-refractivity contribution in [3.63, 3.8) is 0 Å². The maximum Gasteiger partial charge on any atom is 0.149 e. The Balaban J connectivity index is 2.70. The highest BCUT2D eigenvalue weighted by molar-refractivity contribution is 5.82.